The molecule has 0 N–H and O–H groups in total. The molecule has 1 aliphatic heterocycles. The van der Waals surface area contributed by atoms with Gasteiger partial charge in [0.1, 0.15) is 5.69 Å². The molecule has 8 heteroatoms. The summed E-state index contributed by atoms with van der Waals surface area (Å²) in [5.74, 6) is 1.46. The van der Waals surface area contributed by atoms with Crippen LogP contribution in [0, 0.1) is 0 Å². The van der Waals surface area contributed by atoms with Gasteiger partial charge in [0.05, 0.1) is 12.1 Å². The monoisotopic (exact) mass is 378 g/mol. The number of pyridine rings is 1. The molecule has 1 aliphatic rings. The molecule has 5 rings (SSSR count). The Bertz CT molecular complexity index is 1110. The van der Waals surface area contributed by atoms with E-state index < -0.39 is 0 Å². The van der Waals surface area contributed by atoms with Crippen molar-refractivity contribution in [3.63, 3.8) is 0 Å². The highest BCUT2D eigenvalue weighted by molar-refractivity contribution is 6.30. The number of amides is 1. The summed E-state index contributed by atoms with van der Waals surface area (Å²) in [4.78, 5) is 14.5. The quantitative estimate of drug-likeness (QED) is 0.538. The van der Waals surface area contributed by atoms with E-state index in [-0.39, 0.29) is 5.91 Å². The Balaban J connectivity index is 1.43. The average molecular weight is 379 g/mol. The predicted molar refractivity (Wildman–Crippen MR) is 100 cm³/mol. The first-order chi connectivity index (χ1) is 13.2. The Morgan fingerprint density at radius 3 is 2.70 bits per heavy atom. The van der Waals surface area contributed by atoms with Gasteiger partial charge in [0.25, 0.3) is 5.91 Å². The molecule has 0 unspecified atom stereocenters. The normalized spacial score (nSPS) is 13.7. The van der Waals surface area contributed by atoms with Crippen molar-refractivity contribution in [2.75, 3.05) is 6.54 Å². The van der Waals surface area contributed by atoms with Crippen LogP contribution in [-0.4, -0.2) is 41.7 Å². The largest absolute Gasteiger partial charge is 0.329 e. The molecule has 4 heterocycles. The zero-order valence-electron chi connectivity index (χ0n) is 14.3. The number of rotatable bonds is 2. The van der Waals surface area contributed by atoms with E-state index in [0.29, 0.717) is 30.2 Å². The summed E-state index contributed by atoms with van der Waals surface area (Å²) in [7, 11) is 0. The maximum atomic E-state index is 12.7. The summed E-state index contributed by atoms with van der Waals surface area (Å²) in [5, 5.41) is 13.8. The van der Waals surface area contributed by atoms with E-state index in [1.54, 1.807) is 29.2 Å². The molecule has 1 amide bonds. The number of hydrogen-bond donors (Lipinski definition) is 0. The number of nitrogens with zero attached hydrogens (tertiary/aromatic N) is 6. The van der Waals surface area contributed by atoms with Gasteiger partial charge in [-0.25, -0.2) is 4.52 Å². The van der Waals surface area contributed by atoms with Crippen LogP contribution in [0.5, 0.6) is 0 Å². The molecule has 0 spiro atoms. The first-order valence-electron chi connectivity index (χ1n) is 8.61. The second-order valence-corrected chi connectivity index (χ2v) is 6.86. The van der Waals surface area contributed by atoms with Crippen molar-refractivity contribution in [3.05, 3.63) is 71.1 Å². The van der Waals surface area contributed by atoms with Crippen molar-refractivity contribution in [1.29, 1.82) is 0 Å². The molecule has 0 saturated carbocycles. The van der Waals surface area contributed by atoms with Gasteiger partial charge in [-0.05, 0) is 42.5 Å². The summed E-state index contributed by atoms with van der Waals surface area (Å²) in [6.07, 6.45) is 1.90. The molecule has 7 nitrogen and oxygen atoms in total. The number of carbonyl (C=O) groups is 1. The molecular weight excluding hydrogens is 364 g/mol. The number of aromatic nitrogens is 5. The lowest BCUT2D eigenvalue weighted by Gasteiger charge is -2.27. The minimum Gasteiger partial charge on any atom is -0.329 e. The fourth-order valence-electron chi connectivity index (χ4n) is 3.34. The first kappa shape index (κ1) is 16.0. The van der Waals surface area contributed by atoms with E-state index in [1.165, 1.54) is 0 Å². The summed E-state index contributed by atoms with van der Waals surface area (Å²) in [6.45, 7) is 1.64. The Kier molecular flexibility index (Phi) is 3.68. The van der Waals surface area contributed by atoms with E-state index in [9.17, 15) is 4.79 Å². The molecule has 0 bridgehead atoms. The SMILES string of the molecule is O=C(c1ccc(Cl)cc1)N1CCn2c(nnc2-c2cc3ccccn3n2)C1. The Labute approximate surface area is 159 Å². The number of benzene rings is 1. The molecule has 0 aliphatic carbocycles. The second-order valence-electron chi connectivity index (χ2n) is 6.42. The van der Waals surface area contributed by atoms with Crippen molar-refractivity contribution in [2.45, 2.75) is 13.1 Å². The maximum absolute atomic E-state index is 12.7. The molecule has 134 valence electrons. The van der Waals surface area contributed by atoms with E-state index in [0.717, 1.165) is 22.9 Å². The van der Waals surface area contributed by atoms with Crippen molar-refractivity contribution in [1.82, 2.24) is 29.3 Å². The lowest BCUT2D eigenvalue weighted by molar-refractivity contribution is 0.0708. The second kappa shape index (κ2) is 6.21. The van der Waals surface area contributed by atoms with Crippen LogP contribution in [0.4, 0.5) is 0 Å². The summed E-state index contributed by atoms with van der Waals surface area (Å²) in [5.41, 5.74) is 2.39. The molecule has 0 saturated heterocycles. The van der Waals surface area contributed by atoms with Gasteiger partial charge >= 0.3 is 0 Å². The summed E-state index contributed by atoms with van der Waals surface area (Å²) < 4.78 is 3.85. The molecule has 3 aromatic heterocycles. The average Bonchev–Trinajstić information content (AvgIpc) is 3.31. The lowest BCUT2D eigenvalue weighted by Crippen LogP contribution is -2.38. The fourth-order valence-corrected chi connectivity index (χ4v) is 3.47. The number of carbonyl (C=O) groups excluding carboxylic acids is 1. The van der Waals surface area contributed by atoms with Crippen LogP contribution in [0.15, 0.2) is 54.7 Å². The van der Waals surface area contributed by atoms with Crippen molar-refractivity contribution in [3.8, 4) is 11.5 Å². The van der Waals surface area contributed by atoms with Crippen molar-refractivity contribution >= 4 is 23.0 Å². The van der Waals surface area contributed by atoms with Crippen LogP contribution in [-0.2, 0) is 13.1 Å². The smallest absolute Gasteiger partial charge is 0.254 e. The van der Waals surface area contributed by atoms with E-state index in [4.69, 9.17) is 11.6 Å². The molecule has 0 fully saturated rings. The number of fused-ring (bicyclic) bond motifs is 2. The molecule has 4 aromatic rings. The van der Waals surface area contributed by atoms with Crippen LogP contribution in [0.2, 0.25) is 5.02 Å². The van der Waals surface area contributed by atoms with Gasteiger partial charge in [0.2, 0.25) is 0 Å². The third-order valence-corrected chi connectivity index (χ3v) is 4.98. The molecular formula is C19H15ClN6O. The van der Waals surface area contributed by atoms with Crippen LogP contribution >= 0.6 is 11.6 Å². The zero-order valence-corrected chi connectivity index (χ0v) is 15.0. The third-order valence-electron chi connectivity index (χ3n) is 4.73. The highest BCUT2D eigenvalue weighted by atomic mass is 35.5. The molecule has 0 radical (unpaired) electrons. The maximum Gasteiger partial charge on any atom is 0.254 e. The lowest BCUT2D eigenvalue weighted by atomic mass is 10.2. The van der Waals surface area contributed by atoms with Gasteiger partial charge in [0.15, 0.2) is 11.6 Å². The van der Waals surface area contributed by atoms with Crippen LogP contribution in [0.3, 0.4) is 0 Å². The molecule has 0 atom stereocenters. The first-order valence-corrected chi connectivity index (χ1v) is 8.98. The number of halogens is 1. The zero-order chi connectivity index (χ0) is 18.4. The Hall–Kier alpha value is -3.19. The van der Waals surface area contributed by atoms with Gasteiger partial charge in [0, 0.05) is 29.9 Å². The Morgan fingerprint density at radius 1 is 1.04 bits per heavy atom. The van der Waals surface area contributed by atoms with Crippen molar-refractivity contribution < 1.29 is 4.79 Å². The minimum atomic E-state index is -0.0322. The van der Waals surface area contributed by atoms with Gasteiger partial charge in [-0.15, -0.1) is 10.2 Å². The number of hydrogen-bond acceptors (Lipinski definition) is 4. The highest BCUT2D eigenvalue weighted by Crippen LogP contribution is 2.23. The van der Waals surface area contributed by atoms with E-state index >= 15 is 0 Å². The van der Waals surface area contributed by atoms with Gasteiger partial charge < -0.3 is 9.47 Å². The van der Waals surface area contributed by atoms with Crippen LogP contribution in [0.25, 0.3) is 17.0 Å². The standard InChI is InChI=1S/C19H15ClN6O/c20-14-6-4-13(5-7-14)19(27)24-9-10-25-17(12-24)21-22-18(25)16-11-15-3-1-2-8-26(15)23-16/h1-8,11H,9-10,12H2. The highest BCUT2D eigenvalue weighted by Gasteiger charge is 2.26. The minimum absolute atomic E-state index is 0.0322. The molecule has 27 heavy (non-hydrogen) atoms. The summed E-state index contributed by atoms with van der Waals surface area (Å²) in [6, 6.07) is 14.8. The van der Waals surface area contributed by atoms with E-state index in [2.05, 4.69) is 15.3 Å². The fraction of sp³-hybridized carbons (Fsp3) is 0.158. The summed E-state index contributed by atoms with van der Waals surface area (Å²) >= 11 is 5.91. The van der Waals surface area contributed by atoms with Crippen LogP contribution < -0.4 is 0 Å². The molecule has 1 aromatic carbocycles. The van der Waals surface area contributed by atoms with E-state index in [1.807, 2.05) is 39.5 Å². The Morgan fingerprint density at radius 2 is 1.89 bits per heavy atom. The van der Waals surface area contributed by atoms with Gasteiger partial charge in [-0.2, -0.15) is 5.10 Å². The topological polar surface area (TPSA) is 68.3 Å². The van der Waals surface area contributed by atoms with Gasteiger partial charge in [-0.3, -0.25) is 4.79 Å². The van der Waals surface area contributed by atoms with Crippen molar-refractivity contribution in [2.24, 2.45) is 0 Å². The third kappa shape index (κ3) is 2.76. The van der Waals surface area contributed by atoms with Gasteiger partial charge in [-0.1, -0.05) is 17.7 Å². The van der Waals surface area contributed by atoms with Crippen LogP contribution in [0.1, 0.15) is 16.2 Å². The predicted octanol–water partition coefficient (Wildman–Crippen LogP) is 2.90.